The molecule has 0 spiro atoms. The Morgan fingerprint density at radius 3 is 2.70 bits per heavy atom. The zero-order valence-corrected chi connectivity index (χ0v) is 19.6. The van der Waals surface area contributed by atoms with Crippen LogP contribution in [0.15, 0.2) is 35.5 Å². The van der Waals surface area contributed by atoms with Crippen molar-refractivity contribution in [3.8, 4) is 5.69 Å². The molecular weight excluding hydrogens is 440 g/mol. The fourth-order valence-electron chi connectivity index (χ4n) is 5.29. The van der Waals surface area contributed by atoms with Gasteiger partial charge in [0.05, 0.1) is 36.6 Å². The van der Waals surface area contributed by atoms with Gasteiger partial charge in [-0.05, 0) is 32.4 Å². The van der Waals surface area contributed by atoms with Crippen molar-refractivity contribution in [2.45, 2.75) is 44.9 Å². The lowest BCUT2D eigenvalue weighted by molar-refractivity contribution is -0.136. The summed E-state index contributed by atoms with van der Waals surface area (Å²) in [5.41, 5.74) is 4.88. The molecule has 1 amide bonds. The first kappa shape index (κ1) is 20.6. The summed E-state index contributed by atoms with van der Waals surface area (Å²) < 4.78 is 9.82. The molecule has 9 heteroatoms. The molecule has 3 aromatic rings. The number of aromatic nitrogens is 4. The maximum Gasteiger partial charge on any atom is 0.225 e. The van der Waals surface area contributed by atoms with E-state index in [1.165, 1.54) is 0 Å². The number of nitrogens with zero attached hydrogens (tertiary/aromatic N) is 6. The van der Waals surface area contributed by atoms with Crippen LogP contribution in [0.4, 0.5) is 0 Å². The number of aliphatic imine (C=N–C) groups is 1. The van der Waals surface area contributed by atoms with Crippen molar-refractivity contribution in [2.24, 2.45) is 12.0 Å². The van der Waals surface area contributed by atoms with E-state index >= 15 is 0 Å². The van der Waals surface area contributed by atoms with Gasteiger partial charge in [-0.1, -0.05) is 23.7 Å². The second-order valence-electron chi connectivity index (χ2n) is 9.12. The number of carbonyl (C=O) groups is 1. The van der Waals surface area contributed by atoms with Crippen LogP contribution in [-0.4, -0.2) is 61.1 Å². The number of amides is 1. The molecule has 2 saturated heterocycles. The van der Waals surface area contributed by atoms with Crippen LogP contribution in [-0.2, 0) is 16.6 Å². The molecule has 2 fully saturated rings. The highest BCUT2D eigenvalue weighted by Crippen LogP contribution is 2.36. The van der Waals surface area contributed by atoms with Gasteiger partial charge < -0.3 is 14.2 Å². The van der Waals surface area contributed by atoms with Crippen LogP contribution in [0, 0.1) is 13.8 Å². The number of aryl methyl sites for hydroxylation is 2. The van der Waals surface area contributed by atoms with Crippen LogP contribution in [0.5, 0.6) is 0 Å². The van der Waals surface area contributed by atoms with Crippen molar-refractivity contribution in [1.82, 2.24) is 24.2 Å². The van der Waals surface area contributed by atoms with Gasteiger partial charge in [0.25, 0.3) is 0 Å². The lowest BCUT2D eigenvalue weighted by Gasteiger charge is -2.27. The fourth-order valence-corrected chi connectivity index (χ4v) is 5.42. The second-order valence-corrected chi connectivity index (χ2v) is 9.56. The third-order valence-electron chi connectivity index (χ3n) is 7.08. The Bertz CT molecular complexity index is 1290. The summed E-state index contributed by atoms with van der Waals surface area (Å²) in [4.78, 5) is 20.5. The topological polar surface area (TPSA) is 77.5 Å². The highest BCUT2D eigenvalue weighted by molar-refractivity contribution is 6.30. The molecule has 3 atom stereocenters. The van der Waals surface area contributed by atoms with Crippen molar-refractivity contribution in [1.29, 1.82) is 0 Å². The quantitative estimate of drug-likeness (QED) is 0.596. The maximum absolute atomic E-state index is 13.4. The maximum atomic E-state index is 13.4. The van der Waals surface area contributed by atoms with Crippen LogP contribution in [0.3, 0.4) is 0 Å². The normalized spacial score (nSPS) is 23.3. The lowest BCUT2D eigenvalue weighted by Crippen LogP contribution is -2.41. The SMILES string of the molecule is Cc1c2c(cn1C)-n1c(C)nnc1[C@H](CC(=O)N1CC3CC1CO3)N=C2c1ccc(Cl)cc1. The zero-order valence-electron chi connectivity index (χ0n) is 18.8. The first-order valence-electron chi connectivity index (χ1n) is 11.2. The lowest BCUT2D eigenvalue weighted by atomic mass is 10.0. The zero-order chi connectivity index (χ0) is 22.9. The molecule has 0 aliphatic carbocycles. The highest BCUT2D eigenvalue weighted by atomic mass is 35.5. The fraction of sp³-hybridized carbons (Fsp3) is 0.417. The molecule has 2 aromatic heterocycles. The van der Waals surface area contributed by atoms with Crippen LogP contribution in [0.2, 0.25) is 5.02 Å². The summed E-state index contributed by atoms with van der Waals surface area (Å²) in [7, 11) is 2.02. The molecule has 6 rings (SSSR count). The Balaban J connectivity index is 1.48. The average molecular weight is 465 g/mol. The number of hydrogen-bond donors (Lipinski definition) is 0. The summed E-state index contributed by atoms with van der Waals surface area (Å²) in [5.74, 6) is 1.55. The third-order valence-corrected chi connectivity index (χ3v) is 7.33. The first-order chi connectivity index (χ1) is 15.9. The summed E-state index contributed by atoms with van der Waals surface area (Å²) in [6, 6.07) is 7.43. The molecule has 0 saturated carbocycles. The van der Waals surface area contributed by atoms with E-state index in [2.05, 4.69) is 27.9 Å². The van der Waals surface area contributed by atoms with Crippen molar-refractivity contribution < 1.29 is 9.53 Å². The number of carbonyl (C=O) groups excluding carboxylic acids is 1. The number of halogens is 1. The first-order valence-corrected chi connectivity index (χ1v) is 11.6. The predicted molar refractivity (Wildman–Crippen MR) is 124 cm³/mol. The van der Waals surface area contributed by atoms with Crippen molar-refractivity contribution >= 4 is 23.2 Å². The van der Waals surface area contributed by atoms with Gasteiger partial charge in [0, 0.05) is 41.6 Å². The minimum Gasteiger partial charge on any atom is -0.374 e. The molecule has 1 aromatic carbocycles. The summed E-state index contributed by atoms with van der Waals surface area (Å²) >= 11 is 6.17. The monoisotopic (exact) mass is 464 g/mol. The van der Waals surface area contributed by atoms with Gasteiger partial charge in [0.2, 0.25) is 5.91 Å². The number of likely N-dealkylation sites (tertiary alicyclic amines) is 1. The number of ether oxygens (including phenoxy) is 1. The number of hydrogen-bond acceptors (Lipinski definition) is 5. The van der Waals surface area contributed by atoms with E-state index < -0.39 is 6.04 Å². The van der Waals surface area contributed by atoms with Gasteiger partial charge >= 0.3 is 0 Å². The minimum atomic E-state index is -0.443. The predicted octanol–water partition coefficient (Wildman–Crippen LogP) is 3.16. The molecule has 170 valence electrons. The molecule has 0 radical (unpaired) electrons. The van der Waals surface area contributed by atoms with Crippen LogP contribution >= 0.6 is 11.6 Å². The smallest absolute Gasteiger partial charge is 0.225 e. The molecule has 5 heterocycles. The van der Waals surface area contributed by atoms with Crippen LogP contribution in [0.1, 0.15) is 47.4 Å². The Hall–Kier alpha value is -2.97. The molecule has 0 N–H and O–H groups in total. The molecule has 33 heavy (non-hydrogen) atoms. The number of morpholine rings is 1. The molecule has 8 nitrogen and oxygen atoms in total. The van der Waals surface area contributed by atoms with Crippen molar-refractivity contribution in [2.75, 3.05) is 13.2 Å². The van der Waals surface area contributed by atoms with E-state index in [0.29, 0.717) is 24.0 Å². The largest absolute Gasteiger partial charge is 0.374 e. The molecule has 3 aliphatic rings. The van der Waals surface area contributed by atoms with Crippen LogP contribution < -0.4 is 0 Å². The van der Waals surface area contributed by atoms with Gasteiger partial charge in [-0.15, -0.1) is 10.2 Å². The van der Waals surface area contributed by atoms with Crippen LogP contribution in [0.25, 0.3) is 5.69 Å². The van der Waals surface area contributed by atoms with E-state index in [-0.39, 0.29) is 24.5 Å². The van der Waals surface area contributed by atoms with E-state index in [9.17, 15) is 4.79 Å². The van der Waals surface area contributed by atoms with E-state index in [1.807, 2.05) is 47.7 Å². The summed E-state index contributed by atoms with van der Waals surface area (Å²) in [5, 5.41) is 9.51. The second kappa shape index (κ2) is 7.53. The highest BCUT2D eigenvalue weighted by Gasteiger charge is 2.42. The van der Waals surface area contributed by atoms with Gasteiger partial charge in [-0.3, -0.25) is 14.4 Å². The van der Waals surface area contributed by atoms with Gasteiger partial charge in [-0.25, -0.2) is 0 Å². The van der Waals surface area contributed by atoms with E-state index in [4.69, 9.17) is 21.3 Å². The standard InChI is InChI=1S/C24H25ClN6O2/c1-13-22-20(11-29(13)3)31-14(2)27-28-24(31)19(26-23(22)15-4-6-16(25)7-5-15)9-21(32)30-10-18-8-17(30)12-33-18/h4-7,11,17-19H,8-10,12H2,1-3H3/t17?,18?,19-/m0/s1. The third kappa shape index (κ3) is 3.23. The summed E-state index contributed by atoms with van der Waals surface area (Å²) in [6.07, 6.45) is 3.42. The Kier molecular flexibility index (Phi) is 4.71. The van der Waals surface area contributed by atoms with Gasteiger partial charge in [0.1, 0.15) is 11.9 Å². The average Bonchev–Trinajstić information content (AvgIpc) is 3.56. The van der Waals surface area contributed by atoms with Gasteiger partial charge in [0.15, 0.2) is 5.82 Å². The van der Waals surface area contributed by atoms with Crippen molar-refractivity contribution in [3.63, 3.8) is 0 Å². The molecule has 2 unspecified atom stereocenters. The molecule has 3 aliphatic heterocycles. The Morgan fingerprint density at radius 1 is 1.21 bits per heavy atom. The van der Waals surface area contributed by atoms with Crippen molar-refractivity contribution in [3.05, 3.63) is 64.0 Å². The Morgan fingerprint density at radius 2 is 2.00 bits per heavy atom. The Labute approximate surface area is 196 Å². The summed E-state index contributed by atoms with van der Waals surface area (Å²) in [6.45, 7) is 5.30. The van der Waals surface area contributed by atoms with E-state index in [0.717, 1.165) is 40.5 Å². The van der Waals surface area contributed by atoms with Gasteiger partial charge in [-0.2, -0.15) is 0 Å². The number of fused-ring (bicyclic) bond motifs is 5. The number of rotatable bonds is 3. The molecular formula is C24H25ClN6O2. The number of benzene rings is 1. The molecule has 2 bridgehead atoms. The van der Waals surface area contributed by atoms with E-state index in [1.54, 1.807) is 0 Å². The minimum absolute atomic E-state index is 0.0890.